The van der Waals surface area contributed by atoms with Crippen LogP contribution in [-0.4, -0.2) is 35.8 Å². The summed E-state index contributed by atoms with van der Waals surface area (Å²) >= 11 is 6.05. The molecule has 3 fully saturated rings. The van der Waals surface area contributed by atoms with E-state index in [0.29, 0.717) is 17.7 Å². The third-order valence-electron chi connectivity index (χ3n) is 9.99. The number of rotatable bonds is 4. The van der Waals surface area contributed by atoms with Gasteiger partial charge in [0.2, 0.25) is 23.6 Å². The molecule has 2 aliphatic carbocycles. The SMILES string of the molecule is COc1ccc([C@H]2C3=CC[C@@H]4C(=O)N(c5ccccc5)C(=O)[C@@H]4[C@@H]3C[C@H]3C(=O)N(c4ccc(F)c(Cl)c4)C(=O)[C@@]23C)cc1O. The van der Waals surface area contributed by atoms with E-state index in [-0.39, 0.29) is 40.4 Å². The molecule has 4 aliphatic rings. The number of imide groups is 2. The Morgan fingerprint density at radius 1 is 0.909 bits per heavy atom. The van der Waals surface area contributed by atoms with Gasteiger partial charge in [-0.05, 0) is 73.7 Å². The zero-order valence-electron chi connectivity index (χ0n) is 23.9. The first-order valence-corrected chi connectivity index (χ1v) is 14.8. The summed E-state index contributed by atoms with van der Waals surface area (Å²) in [5.41, 5.74) is 0.671. The van der Waals surface area contributed by atoms with Gasteiger partial charge in [0, 0.05) is 5.92 Å². The molecule has 224 valence electrons. The van der Waals surface area contributed by atoms with E-state index < -0.39 is 52.6 Å². The first-order chi connectivity index (χ1) is 21.1. The summed E-state index contributed by atoms with van der Waals surface area (Å²) in [5.74, 6) is -5.60. The number of carbonyl (C=O) groups is 4. The first-order valence-electron chi connectivity index (χ1n) is 14.4. The van der Waals surface area contributed by atoms with E-state index in [1.165, 1.54) is 30.2 Å². The lowest BCUT2D eigenvalue weighted by atomic mass is 9.51. The number of aromatic hydroxyl groups is 1. The smallest absolute Gasteiger partial charge is 0.241 e. The number of phenolic OH excluding ortho intramolecular Hbond substituents is 1. The van der Waals surface area contributed by atoms with Gasteiger partial charge in [-0.25, -0.2) is 9.29 Å². The number of ether oxygens (including phenoxy) is 1. The van der Waals surface area contributed by atoms with E-state index in [0.717, 1.165) is 16.5 Å². The summed E-state index contributed by atoms with van der Waals surface area (Å²) in [7, 11) is 1.43. The van der Waals surface area contributed by atoms with Crippen molar-refractivity contribution in [3.8, 4) is 11.5 Å². The normalized spacial score (nSPS) is 29.4. The predicted molar refractivity (Wildman–Crippen MR) is 160 cm³/mol. The van der Waals surface area contributed by atoms with Gasteiger partial charge in [0.25, 0.3) is 0 Å². The number of nitrogens with zero attached hydrogens (tertiary/aromatic N) is 2. The topological polar surface area (TPSA) is 104 Å². The molecule has 10 heteroatoms. The van der Waals surface area contributed by atoms with Gasteiger partial charge in [-0.15, -0.1) is 0 Å². The maximum Gasteiger partial charge on any atom is 0.241 e. The number of hydrogen-bond acceptors (Lipinski definition) is 6. The largest absolute Gasteiger partial charge is 0.504 e. The highest BCUT2D eigenvalue weighted by molar-refractivity contribution is 6.32. The molecule has 44 heavy (non-hydrogen) atoms. The van der Waals surface area contributed by atoms with E-state index in [2.05, 4.69) is 0 Å². The third-order valence-corrected chi connectivity index (χ3v) is 10.3. The number of para-hydroxylation sites is 1. The van der Waals surface area contributed by atoms with Crippen molar-refractivity contribution >= 4 is 46.6 Å². The van der Waals surface area contributed by atoms with Gasteiger partial charge in [0.05, 0.1) is 46.7 Å². The van der Waals surface area contributed by atoms with Crippen LogP contribution in [0.3, 0.4) is 0 Å². The average Bonchev–Trinajstić information content (AvgIpc) is 3.38. The Morgan fingerprint density at radius 3 is 2.34 bits per heavy atom. The van der Waals surface area contributed by atoms with Crippen molar-refractivity contribution in [1.29, 1.82) is 0 Å². The van der Waals surface area contributed by atoms with Gasteiger partial charge in [-0.1, -0.05) is 47.5 Å². The second-order valence-electron chi connectivity index (χ2n) is 12.0. The number of halogens is 2. The predicted octanol–water partition coefficient (Wildman–Crippen LogP) is 5.63. The third kappa shape index (κ3) is 3.81. The van der Waals surface area contributed by atoms with Crippen LogP contribution in [0.5, 0.6) is 11.5 Å². The van der Waals surface area contributed by atoms with Crippen LogP contribution in [0.4, 0.5) is 15.8 Å². The summed E-state index contributed by atoms with van der Waals surface area (Å²) in [5, 5.41) is 10.5. The Balaban J connectivity index is 1.38. The quantitative estimate of drug-likeness (QED) is 0.302. The molecule has 7 rings (SSSR count). The highest BCUT2D eigenvalue weighted by Crippen LogP contribution is 2.64. The Hall–Kier alpha value is -4.50. The number of fused-ring (bicyclic) bond motifs is 4. The molecule has 2 aliphatic heterocycles. The number of benzene rings is 3. The Kier molecular flexibility index (Phi) is 6.44. The second kappa shape index (κ2) is 10.0. The summed E-state index contributed by atoms with van der Waals surface area (Å²) in [6, 6.07) is 17.3. The minimum Gasteiger partial charge on any atom is -0.504 e. The molecule has 1 saturated carbocycles. The van der Waals surface area contributed by atoms with Crippen molar-refractivity contribution < 1.29 is 33.4 Å². The summed E-state index contributed by atoms with van der Waals surface area (Å²) in [4.78, 5) is 58.7. The van der Waals surface area contributed by atoms with Gasteiger partial charge in [0.1, 0.15) is 5.82 Å². The summed E-state index contributed by atoms with van der Waals surface area (Å²) < 4.78 is 19.3. The van der Waals surface area contributed by atoms with Crippen LogP contribution >= 0.6 is 11.6 Å². The number of amides is 4. The van der Waals surface area contributed by atoms with Crippen molar-refractivity contribution in [1.82, 2.24) is 0 Å². The molecule has 6 atom stereocenters. The highest BCUT2D eigenvalue weighted by Gasteiger charge is 2.67. The fraction of sp³-hybridized carbons (Fsp3) is 0.294. The maximum absolute atomic E-state index is 14.4. The fourth-order valence-electron chi connectivity index (χ4n) is 7.98. The number of anilines is 2. The van der Waals surface area contributed by atoms with Crippen LogP contribution in [-0.2, 0) is 19.2 Å². The van der Waals surface area contributed by atoms with Crippen molar-refractivity contribution in [3.05, 3.63) is 94.8 Å². The summed E-state index contributed by atoms with van der Waals surface area (Å²) in [6.07, 6.45) is 2.40. The molecule has 3 aromatic rings. The maximum atomic E-state index is 14.4. The standard InChI is InChI=1S/C34H28ClFN2O6/c1-34-23(31(41)38(33(34)43)19-9-12-25(36)24(35)15-19)16-22-20(29(34)17-8-13-27(44-2)26(39)14-17)10-11-21-28(22)32(42)37(30(21)40)18-6-4-3-5-7-18/h3-10,12-15,21-23,28-29,39H,11,16H2,1-2H3/t21-,22+,23-,28-,29-,34+/m0/s1. The minimum absolute atomic E-state index is 0.136. The second-order valence-corrected chi connectivity index (χ2v) is 12.4. The van der Waals surface area contributed by atoms with Gasteiger partial charge < -0.3 is 9.84 Å². The molecule has 0 aromatic heterocycles. The van der Waals surface area contributed by atoms with Crippen LogP contribution in [0, 0.1) is 34.9 Å². The van der Waals surface area contributed by atoms with E-state index in [9.17, 15) is 28.7 Å². The lowest BCUT2D eigenvalue weighted by Gasteiger charge is -2.49. The van der Waals surface area contributed by atoms with E-state index >= 15 is 0 Å². The van der Waals surface area contributed by atoms with Gasteiger partial charge in [0.15, 0.2) is 11.5 Å². The number of allylic oxidation sites excluding steroid dienone is 2. The first kappa shape index (κ1) is 28.3. The van der Waals surface area contributed by atoms with Crippen LogP contribution in [0.1, 0.15) is 31.2 Å². The monoisotopic (exact) mass is 614 g/mol. The van der Waals surface area contributed by atoms with E-state index in [1.807, 2.05) is 6.08 Å². The van der Waals surface area contributed by atoms with Crippen molar-refractivity contribution in [2.45, 2.75) is 25.7 Å². The molecule has 2 saturated heterocycles. The molecular formula is C34H28ClFN2O6. The zero-order chi connectivity index (χ0) is 31.1. The average molecular weight is 615 g/mol. The number of hydrogen-bond donors (Lipinski definition) is 1. The van der Waals surface area contributed by atoms with E-state index in [4.69, 9.17) is 16.3 Å². The number of carbonyl (C=O) groups excluding carboxylic acids is 4. The fourth-order valence-corrected chi connectivity index (χ4v) is 8.16. The Labute approximate surface area is 257 Å². The van der Waals surface area contributed by atoms with Crippen LogP contribution in [0.15, 0.2) is 78.4 Å². The molecule has 4 amide bonds. The minimum atomic E-state index is -1.32. The molecule has 0 bridgehead atoms. The summed E-state index contributed by atoms with van der Waals surface area (Å²) in [6.45, 7) is 1.73. The van der Waals surface area contributed by atoms with Gasteiger partial charge in [-0.3, -0.25) is 24.1 Å². The molecule has 3 aromatic carbocycles. The number of phenols is 1. The van der Waals surface area contributed by atoms with Crippen LogP contribution in [0.25, 0.3) is 0 Å². The van der Waals surface area contributed by atoms with Crippen molar-refractivity contribution in [2.75, 3.05) is 16.9 Å². The molecular weight excluding hydrogens is 587 g/mol. The molecule has 0 spiro atoms. The molecule has 0 radical (unpaired) electrons. The van der Waals surface area contributed by atoms with Crippen LogP contribution < -0.4 is 14.5 Å². The lowest BCUT2D eigenvalue weighted by Crippen LogP contribution is -2.48. The Morgan fingerprint density at radius 2 is 1.66 bits per heavy atom. The molecule has 1 N–H and O–H groups in total. The Bertz CT molecular complexity index is 1790. The zero-order valence-corrected chi connectivity index (χ0v) is 24.6. The van der Waals surface area contributed by atoms with E-state index in [1.54, 1.807) is 49.4 Å². The highest BCUT2D eigenvalue weighted by atomic mass is 35.5. The molecule has 0 unspecified atom stereocenters. The lowest BCUT2D eigenvalue weighted by molar-refractivity contribution is -0.131. The van der Waals surface area contributed by atoms with Crippen LogP contribution in [0.2, 0.25) is 5.02 Å². The number of methoxy groups -OCH3 is 1. The van der Waals surface area contributed by atoms with Crippen molar-refractivity contribution in [2.24, 2.45) is 29.1 Å². The van der Waals surface area contributed by atoms with Gasteiger partial charge in [-0.2, -0.15) is 0 Å². The van der Waals surface area contributed by atoms with Crippen molar-refractivity contribution in [3.63, 3.8) is 0 Å². The molecule has 2 heterocycles. The molecule has 8 nitrogen and oxygen atoms in total. The van der Waals surface area contributed by atoms with Gasteiger partial charge >= 0.3 is 0 Å².